The first-order valence-electron chi connectivity index (χ1n) is 6.13. The largest absolute Gasteiger partial charge is 0.313 e. The molecule has 0 saturated heterocycles. The summed E-state index contributed by atoms with van der Waals surface area (Å²) in [4.78, 5) is -0.0282. The van der Waals surface area contributed by atoms with Gasteiger partial charge in [0.15, 0.2) is 0 Å². The third kappa shape index (κ3) is 4.56. The average molecular weight is 321 g/mol. The maximum absolute atomic E-state index is 13.2. The van der Waals surface area contributed by atoms with Gasteiger partial charge in [-0.1, -0.05) is 11.6 Å². The minimum Gasteiger partial charge on any atom is -0.313 e. The van der Waals surface area contributed by atoms with Gasteiger partial charge in [0.05, 0.1) is 4.90 Å². The number of sulfonamides is 1. The van der Waals surface area contributed by atoms with Crippen molar-refractivity contribution in [2.75, 3.05) is 19.6 Å². The predicted molar refractivity (Wildman–Crippen MR) is 79.1 cm³/mol. The predicted octanol–water partition coefficient (Wildman–Crippen LogP) is 1.75. The Labute approximate surface area is 124 Å². The van der Waals surface area contributed by atoms with E-state index < -0.39 is 15.8 Å². The van der Waals surface area contributed by atoms with Crippen LogP contribution in [0.25, 0.3) is 0 Å². The van der Waals surface area contributed by atoms with Crippen LogP contribution in [0.2, 0.25) is 0 Å². The van der Waals surface area contributed by atoms with E-state index in [2.05, 4.69) is 10.0 Å². The smallest absolute Gasteiger partial charge is 0.240 e. The Kier molecular flexibility index (Phi) is 6.13. The molecule has 20 heavy (non-hydrogen) atoms. The molecule has 0 fully saturated rings. The highest BCUT2D eigenvalue weighted by molar-refractivity contribution is 7.89. The van der Waals surface area contributed by atoms with Gasteiger partial charge in [-0.05, 0) is 43.7 Å². The van der Waals surface area contributed by atoms with Crippen molar-refractivity contribution in [1.82, 2.24) is 10.0 Å². The molecule has 112 valence electrons. The van der Waals surface area contributed by atoms with Crippen LogP contribution in [0.3, 0.4) is 0 Å². The third-order valence-corrected chi connectivity index (χ3v) is 4.35. The molecule has 4 nitrogen and oxygen atoms in total. The van der Waals surface area contributed by atoms with Gasteiger partial charge in [0, 0.05) is 13.1 Å². The van der Waals surface area contributed by atoms with Crippen molar-refractivity contribution < 1.29 is 12.8 Å². The average Bonchev–Trinajstić information content (AvgIpc) is 2.37. The summed E-state index contributed by atoms with van der Waals surface area (Å²) in [7, 11) is -3.66. The second-order valence-corrected chi connectivity index (χ2v) is 6.37. The molecule has 1 aromatic rings. The van der Waals surface area contributed by atoms with Gasteiger partial charge in [-0.2, -0.15) is 0 Å². The summed E-state index contributed by atoms with van der Waals surface area (Å²) < 4.78 is 39.9. The first-order chi connectivity index (χ1) is 8.97. The molecule has 1 aliphatic heterocycles. The molecule has 0 unspecified atom stereocenters. The van der Waals surface area contributed by atoms with E-state index in [4.69, 9.17) is 0 Å². The van der Waals surface area contributed by atoms with E-state index in [9.17, 15) is 12.8 Å². The molecule has 2 N–H and O–H groups in total. The standard InChI is InChI=1S/C13H17FN2O2S.ClH/c1-10-6-12(14)8-13(7-10)19(17,18)16-9-11-2-4-15-5-3-11;/h2,6-8,15-16H,3-5,9H2,1H3;1H. The van der Waals surface area contributed by atoms with Gasteiger partial charge in [0.2, 0.25) is 10.0 Å². The summed E-state index contributed by atoms with van der Waals surface area (Å²) >= 11 is 0. The van der Waals surface area contributed by atoms with Crippen molar-refractivity contribution in [3.63, 3.8) is 0 Å². The molecule has 0 radical (unpaired) electrons. The van der Waals surface area contributed by atoms with Crippen LogP contribution in [0, 0.1) is 12.7 Å². The molecule has 0 aliphatic carbocycles. The summed E-state index contributed by atoms with van der Waals surface area (Å²) in [6, 6.07) is 3.79. The molecule has 0 atom stereocenters. The van der Waals surface area contributed by atoms with E-state index in [1.54, 1.807) is 6.92 Å². The molecule has 0 amide bonds. The fourth-order valence-corrected chi connectivity index (χ4v) is 3.11. The zero-order valence-electron chi connectivity index (χ0n) is 11.1. The highest BCUT2D eigenvalue weighted by Gasteiger charge is 2.16. The summed E-state index contributed by atoms with van der Waals surface area (Å²) in [6.45, 7) is 3.56. The first-order valence-corrected chi connectivity index (χ1v) is 7.61. The molecule has 0 spiro atoms. The molecule has 0 aromatic heterocycles. The maximum Gasteiger partial charge on any atom is 0.240 e. The van der Waals surface area contributed by atoms with Crippen molar-refractivity contribution >= 4 is 22.4 Å². The number of rotatable bonds is 4. The minimum atomic E-state index is -3.66. The number of halogens is 2. The quantitative estimate of drug-likeness (QED) is 0.831. The SMILES string of the molecule is Cc1cc(F)cc(S(=O)(=O)NCC2=CCNCC2)c1.Cl. The van der Waals surface area contributed by atoms with Crippen LogP contribution in [-0.4, -0.2) is 28.1 Å². The molecule has 1 aliphatic rings. The van der Waals surface area contributed by atoms with E-state index in [0.29, 0.717) is 5.56 Å². The summed E-state index contributed by atoms with van der Waals surface area (Å²) in [5.74, 6) is -0.540. The monoisotopic (exact) mass is 320 g/mol. The second-order valence-electron chi connectivity index (χ2n) is 4.61. The van der Waals surface area contributed by atoms with Gasteiger partial charge >= 0.3 is 0 Å². The maximum atomic E-state index is 13.2. The first kappa shape index (κ1) is 17.1. The van der Waals surface area contributed by atoms with Crippen molar-refractivity contribution in [2.45, 2.75) is 18.2 Å². The van der Waals surface area contributed by atoms with E-state index >= 15 is 0 Å². The molecule has 1 heterocycles. The number of hydrogen-bond acceptors (Lipinski definition) is 3. The van der Waals surface area contributed by atoms with Crippen LogP contribution in [0.4, 0.5) is 4.39 Å². The lowest BCUT2D eigenvalue weighted by atomic mass is 10.1. The van der Waals surface area contributed by atoms with E-state index in [1.165, 1.54) is 12.1 Å². The summed E-state index contributed by atoms with van der Waals surface area (Å²) in [5, 5.41) is 3.16. The van der Waals surface area contributed by atoms with Gasteiger partial charge in [-0.25, -0.2) is 17.5 Å². The van der Waals surface area contributed by atoms with Gasteiger partial charge in [-0.3, -0.25) is 0 Å². The molecular formula is C13H18ClFN2O2S. The molecule has 0 bridgehead atoms. The van der Waals surface area contributed by atoms with Crippen LogP contribution in [0.15, 0.2) is 34.7 Å². The number of hydrogen-bond donors (Lipinski definition) is 2. The van der Waals surface area contributed by atoms with Gasteiger partial charge in [0.1, 0.15) is 5.82 Å². The van der Waals surface area contributed by atoms with Gasteiger partial charge in [-0.15, -0.1) is 12.4 Å². The van der Waals surface area contributed by atoms with Crippen molar-refractivity contribution in [1.29, 1.82) is 0 Å². The van der Waals surface area contributed by atoms with E-state index in [-0.39, 0.29) is 23.8 Å². The lowest BCUT2D eigenvalue weighted by molar-refractivity contribution is 0.578. The van der Waals surface area contributed by atoms with Crippen LogP contribution in [-0.2, 0) is 10.0 Å². The number of aryl methyl sites for hydroxylation is 1. The minimum absolute atomic E-state index is 0. The molecular weight excluding hydrogens is 303 g/mol. The van der Waals surface area contributed by atoms with Crippen molar-refractivity contribution in [2.24, 2.45) is 0 Å². The van der Waals surface area contributed by atoms with Crippen LogP contribution in [0.1, 0.15) is 12.0 Å². The summed E-state index contributed by atoms with van der Waals surface area (Å²) in [6.07, 6.45) is 2.80. The van der Waals surface area contributed by atoms with Crippen molar-refractivity contribution in [3.8, 4) is 0 Å². The molecule has 1 aromatic carbocycles. The Morgan fingerprint density at radius 2 is 2.10 bits per heavy atom. The van der Waals surface area contributed by atoms with E-state index in [1.807, 2.05) is 6.08 Å². The fraction of sp³-hybridized carbons (Fsp3) is 0.385. The Hall–Kier alpha value is -0.950. The Balaban J connectivity index is 0.00000200. The topological polar surface area (TPSA) is 58.2 Å². The van der Waals surface area contributed by atoms with Crippen LogP contribution >= 0.6 is 12.4 Å². The zero-order chi connectivity index (χ0) is 13.9. The lowest BCUT2D eigenvalue weighted by Gasteiger charge is -2.15. The fourth-order valence-electron chi connectivity index (χ4n) is 1.96. The molecule has 2 rings (SSSR count). The van der Waals surface area contributed by atoms with Gasteiger partial charge < -0.3 is 5.32 Å². The zero-order valence-corrected chi connectivity index (χ0v) is 12.8. The third-order valence-electron chi connectivity index (χ3n) is 2.97. The molecule has 0 saturated carbocycles. The number of nitrogens with one attached hydrogen (secondary N) is 2. The highest BCUT2D eigenvalue weighted by atomic mass is 35.5. The van der Waals surface area contributed by atoms with E-state index in [0.717, 1.165) is 31.1 Å². The van der Waals surface area contributed by atoms with Crippen molar-refractivity contribution in [3.05, 3.63) is 41.2 Å². The second kappa shape index (κ2) is 7.17. The lowest BCUT2D eigenvalue weighted by Crippen LogP contribution is -2.29. The Morgan fingerprint density at radius 1 is 1.35 bits per heavy atom. The Morgan fingerprint density at radius 3 is 2.70 bits per heavy atom. The van der Waals surface area contributed by atoms with Gasteiger partial charge in [0.25, 0.3) is 0 Å². The van der Waals surface area contributed by atoms with Crippen LogP contribution in [0.5, 0.6) is 0 Å². The highest BCUT2D eigenvalue weighted by Crippen LogP contribution is 2.14. The molecule has 7 heteroatoms. The summed E-state index contributed by atoms with van der Waals surface area (Å²) in [5.41, 5.74) is 1.64. The Bertz CT molecular complexity index is 582. The van der Waals surface area contributed by atoms with Crippen LogP contribution < -0.4 is 10.0 Å². The number of benzene rings is 1. The normalized spacial score (nSPS) is 15.4.